The number of hydrogen-bond donors (Lipinski definition) is 5. The minimum atomic E-state index is -1.25. The highest BCUT2D eigenvalue weighted by Crippen LogP contribution is 2.28. The van der Waals surface area contributed by atoms with Gasteiger partial charge in [-0.3, -0.25) is 24.0 Å². The van der Waals surface area contributed by atoms with Crippen molar-refractivity contribution in [2.45, 2.75) is 69.5 Å². The first-order valence-corrected chi connectivity index (χ1v) is 15.7. The average molecular weight is 641 g/mol. The van der Waals surface area contributed by atoms with Crippen LogP contribution in [0.2, 0.25) is 10.0 Å². The van der Waals surface area contributed by atoms with Crippen molar-refractivity contribution in [3.8, 4) is 0 Å². The number of carbonyl (C=O) groups is 5. The van der Waals surface area contributed by atoms with E-state index >= 15 is 0 Å². The molecule has 0 bridgehead atoms. The number of rotatable bonds is 11. The first-order valence-electron chi connectivity index (χ1n) is 14.9. The molecule has 44 heavy (non-hydrogen) atoms. The third kappa shape index (κ3) is 7.78. The van der Waals surface area contributed by atoms with Crippen molar-refractivity contribution >= 4 is 63.5 Å². The van der Waals surface area contributed by atoms with E-state index in [0.29, 0.717) is 33.9 Å². The van der Waals surface area contributed by atoms with E-state index in [0.717, 1.165) is 37.7 Å². The lowest BCUT2D eigenvalue weighted by molar-refractivity contribution is -0.141. The minimum absolute atomic E-state index is 0.0260. The molecule has 2 aliphatic rings. The molecule has 2 aromatic carbocycles. The summed E-state index contributed by atoms with van der Waals surface area (Å²) in [5.41, 5.74) is 1.49. The normalized spacial score (nSPS) is 18.3. The Kier molecular flexibility index (Phi) is 10.2. The predicted molar refractivity (Wildman–Crippen MR) is 167 cm³/mol. The Morgan fingerprint density at radius 2 is 1.66 bits per heavy atom. The van der Waals surface area contributed by atoms with Gasteiger partial charge >= 0.3 is 0 Å². The number of benzene rings is 2. The van der Waals surface area contributed by atoms with Gasteiger partial charge in [-0.05, 0) is 49.4 Å². The molecule has 1 aliphatic carbocycles. The molecule has 1 saturated heterocycles. The molecule has 2 fully saturated rings. The maximum absolute atomic E-state index is 13.8. The van der Waals surface area contributed by atoms with E-state index in [2.05, 4.69) is 26.3 Å². The Labute approximate surface area is 265 Å². The summed E-state index contributed by atoms with van der Waals surface area (Å²) in [6, 6.07) is 11.4. The number of aromatic amines is 1. The van der Waals surface area contributed by atoms with E-state index in [9.17, 15) is 24.0 Å². The third-order valence-electron chi connectivity index (χ3n) is 8.28. The van der Waals surface area contributed by atoms with Crippen molar-refractivity contribution in [1.82, 2.24) is 26.3 Å². The van der Waals surface area contributed by atoms with Gasteiger partial charge in [-0.1, -0.05) is 72.8 Å². The maximum atomic E-state index is 13.8. The number of carbonyl (C=O) groups excluding carboxylic acids is 5. The van der Waals surface area contributed by atoms with Crippen LogP contribution in [-0.2, 0) is 25.6 Å². The van der Waals surface area contributed by atoms with Gasteiger partial charge in [0.1, 0.15) is 11.7 Å². The number of hydrogen-bond acceptors (Lipinski definition) is 5. The number of halogens is 2. The summed E-state index contributed by atoms with van der Waals surface area (Å²) >= 11 is 12.4. The Morgan fingerprint density at radius 1 is 0.909 bits per heavy atom. The second-order valence-electron chi connectivity index (χ2n) is 11.5. The van der Waals surface area contributed by atoms with Gasteiger partial charge < -0.3 is 26.3 Å². The van der Waals surface area contributed by atoms with E-state index in [4.69, 9.17) is 23.2 Å². The number of fused-ring (bicyclic) bond motifs is 1. The molecule has 0 spiro atoms. The van der Waals surface area contributed by atoms with Gasteiger partial charge in [0.25, 0.3) is 11.8 Å². The summed E-state index contributed by atoms with van der Waals surface area (Å²) in [4.78, 5) is 69.1. The molecule has 5 N–H and O–H groups in total. The monoisotopic (exact) mass is 639 g/mol. The molecule has 1 aliphatic heterocycles. The molecule has 10 nitrogen and oxygen atoms in total. The topological polar surface area (TPSA) is 149 Å². The van der Waals surface area contributed by atoms with E-state index < -0.39 is 41.5 Å². The van der Waals surface area contributed by atoms with Crippen LogP contribution < -0.4 is 21.3 Å². The van der Waals surface area contributed by atoms with Crippen molar-refractivity contribution in [2.75, 3.05) is 6.54 Å². The number of nitrogens with one attached hydrogen (secondary N) is 5. The molecule has 1 aromatic heterocycles. The molecule has 12 heteroatoms. The number of Topliss-reactive ketones (excluding diaryl/α,β-unsaturated/α-hetero) is 1. The Hall–Kier alpha value is -3.89. The summed E-state index contributed by atoms with van der Waals surface area (Å²) in [6.07, 6.45) is 5.18. The lowest BCUT2D eigenvalue weighted by atomic mass is 9.93. The van der Waals surface area contributed by atoms with Gasteiger partial charge in [0, 0.05) is 40.9 Å². The zero-order chi connectivity index (χ0) is 31.2. The molecule has 3 atom stereocenters. The molecule has 2 heterocycles. The molecule has 232 valence electrons. The van der Waals surface area contributed by atoms with E-state index in [1.54, 1.807) is 18.2 Å². The zero-order valence-electron chi connectivity index (χ0n) is 24.1. The number of ketones is 1. The van der Waals surface area contributed by atoms with Gasteiger partial charge in [-0.15, -0.1) is 0 Å². The first kappa shape index (κ1) is 31.5. The van der Waals surface area contributed by atoms with Gasteiger partial charge in [-0.2, -0.15) is 0 Å². The van der Waals surface area contributed by atoms with Gasteiger partial charge in [0.15, 0.2) is 0 Å². The van der Waals surface area contributed by atoms with E-state index in [1.165, 1.54) is 0 Å². The van der Waals surface area contributed by atoms with Crippen molar-refractivity contribution in [3.63, 3.8) is 0 Å². The van der Waals surface area contributed by atoms with E-state index in [1.807, 2.05) is 30.3 Å². The van der Waals surface area contributed by atoms with Gasteiger partial charge in [-0.25, -0.2) is 0 Å². The summed E-state index contributed by atoms with van der Waals surface area (Å²) in [7, 11) is 0. The van der Waals surface area contributed by atoms with Crippen LogP contribution in [0.5, 0.6) is 0 Å². The van der Waals surface area contributed by atoms with Crippen LogP contribution in [0, 0.1) is 5.92 Å². The molecular weight excluding hydrogens is 605 g/mol. The van der Waals surface area contributed by atoms with Crippen LogP contribution in [0.4, 0.5) is 0 Å². The SMILES string of the molecule is O=C(NC1CCCCC1)C(=O)C(C[C@@H]1CCNC1=O)NC(=O)[C@H](Cc1ccccc1)NC(=O)c1cc2c(Cl)cc(Cl)cc2[nH]1. The Balaban J connectivity index is 1.36. The molecule has 1 unspecified atom stereocenters. The highest BCUT2D eigenvalue weighted by atomic mass is 35.5. The summed E-state index contributed by atoms with van der Waals surface area (Å²) in [5, 5.41) is 12.4. The van der Waals surface area contributed by atoms with E-state index in [-0.39, 0.29) is 30.5 Å². The smallest absolute Gasteiger partial charge is 0.289 e. The van der Waals surface area contributed by atoms with Crippen LogP contribution in [0.15, 0.2) is 48.5 Å². The standard InChI is InChI=1S/C32H35Cl2N5O5/c33-20-15-23(34)22-17-27(37-24(22)16-20)31(43)39-26(13-18-7-3-1-4-8-18)30(42)38-25(14-19-11-12-35-29(19)41)28(40)32(44)36-21-9-5-2-6-10-21/h1,3-4,7-8,15-17,19,21,25-26,37H,2,5-6,9-14H2,(H,35,41)(H,36,44)(H,38,42)(H,39,43)/t19-,25?,26-/m0/s1. The number of H-pyrrole nitrogens is 1. The molecular formula is C32H35Cl2N5O5. The van der Waals surface area contributed by atoms with Crippen molar-refractivity contribution in [1.29, 1.82) is 0 Å². The van der Waals surface area contributed by atoms with Gasteiger partial charge in [0.2, 0.25) is 17.6 Å². The van der Waals surface area contributed by atoms with Crippen molar-refractivity contribution in [3.05, 3.63) is 69.8 Å². The summed E-state index contributed by atoms with van der Waals surface area (Å²) < 4.78 is 0. The fourth-order valence-electron chi connectivity index (χ4n) is 5.90. The quantitative estimate of drug-likeness (QED) is 0.202. The average Bonchev–Trinajstić information content (AvgIpc) is 3.63. The Morgan fingerprint density at radius 3 is 2.36 bits per heavy atom. The lowest BCUT2D eigenvalue weighted by Crippen LogP contribution is -2.55. The lowest BCUT2D eigenvalue weighted by Gasteiger charge is -2.26. The minimum Gasteiger partial charge on any atom is -0.356 e. The fraction of sp³-hybridized carbons (Fsp3) is 0.406. The highest BCUT2D eigenvalue weighted by molar-refractivity contribution is 6.39. The van der Waals surface area contributed by atoms with Crippen LogP contribution in [-0.4, -0.2) is 59.1 Å². The van der Waals surface area contributed by atoms with Crippen LogP contribution in [0.1, 0.15) is 61.0 Å². The second-order valence-corrected chi connectivity index (χ2v) is 12.3. The largest absolute Gasteiger partial charge is 0.356 e. The highest BCUT2D eigenvalue weighted by Gasteiger charge is 2.36. The first-order chi connectivity index (χ1) is 21.2. The zero-order valence-corrected chi connectivity index (χ0v) is 25.6. The molecule has 1 saturated carbocycles. The predicted octanol–water partition coefficient (Wildman–Crippen LogP) is 3.84. The molecule has 5 rings (SSSR count). The maximum Gasteiger partial charge on any atom is 0.289 e. The molecule has 4 amide bonds. The van der Waals surface area contributed by atoms with Crippen LogP contribution in [0.3, 0.4) is 0 Å². The second kappa shape index (κ2) is 14.3. The third-order valence-corrected chi connectivity index (χ3v) is 8.81. The number of amides is 4. The van der Waals surface area contributed by atoms with Crippen molar-refractivity contribution in [2.24, 2.45) is 5.92 Å². The van der Waals surface area contributed by atoms with Crippen LogP contribution in [0.25, 0.3) is 10.9 Å². The van der Waals surface area contributed by atoms with Crippen molar-refractivity contribution < 1.29 is 24.0 Å². The van der Waals surface area contributed by atoms with Gasteiger partial charge in [0.05, 0.1) is 11.1 Å². The summed E-state index contributed by atoms with van der Waals surface area (Å²) in [6.45, 7) is 0.457. The number of aromatic nitrogens is 1. The summed E-state index contributed by atoms with van der Waals surface area (Å²) in [5.74, 6) is -3.57. The molecule has 0 radical (unpaired) electrons. The Bertz CT molecular complexity index is 1550. The molecule has 3 aromatic rings. The fourth-order valence-corrected chi connectivity index (χ4v) is 6.45. The van der Waals surface area contributed by atoms with Crippen LogP contribution >= 0.6 is 23.2 Å².